The van der Waals surface area contributed by atoms with Crippen LogP contribution in [-0.4, -0.2) is 40.9 Å². The summed E-state index contributed by atoms with van der Waals surface area (Å²) in [5.41, 5.74) is 0.813. The van der Waals surface area contributed by atoms with Crippen LogP contribution in [0.2, 0.25) is 0 Å². The summed E-state index contributed by atoms with van der Waals surface area (Å²) in [6.45, 7) is 0. The number of amides is 1. The molecule has 0 fully saturated rings. The van der Waals surface area contributed by atoms with E-state index in [2.05, 4.69) is 0 Å². The zero-order chi connectivity index (χ0) is 17.1. The normalized spacial score (nSPS) is 10.2. The van der Waals surface area contributed by atoms with Gasteiger partial charge < -0.3 is 10.0 Å². The maximum absolute atomic E-state index is 12.0. The van der Waals surface area contributed by atoms with Crippen LogP contribution in [0.1, 0.15) is 20.7 Å². The highest BCUT2D eigenvalue weighted by molar-refractivity contribution is 5.95. The summed E-state index contributed by atoms with van der Waals surface area (Å²) >= 11 is 0. The van der Waals surface area contributed by atoms with Gasteiger partial charge in [-0.15, -0.1) is 0 Å². The van der Waals surface area contributed by atoms with Gasteiger partial charge in [-0.25, -0.2) is 4.79 Å². The largest absolute Gasteiger partial charge is 0.478 e. The number of carbonyl (C=O) groups is 2. The number of nitro benzene ring substituents is 1. The second kappa shape index (κ2) is 6.27. The first-order valence-corrected chi connectivity index (χ1v) is 6.64. The summed E-state index contributed by atoms with van der Waals surface area (Å²) in [7, 11) is 3.23. The number of hydrogen-bond donors (Lipinski definition) is 1. The third kappa shape index (κ3) is 3.52. The number of carboxylic acids is 1. The molecule has 0 saturated carbocycles. The zero-order valence-corrected chi connectivity index (χ0v) is 12.5. The van der Waals surface area contributed by atoms with Gasteiger partial charge in [0.2, 0.25) is 0 Å². The molecule has 7 heteroatoms. The first-order valence-electron chi connectivity index (χ1n) is 6.64. The van der Waals surface area contributed by atoms with E-state index < -0.39 is 10.9 Å². The fourth-order valence-corrected chi connectivity index (χ4v) is 2.10. The van der Waals surface area contributed by atoms with Crippen LogP contribution in [0.4, 0.5) is 5.69 Å². The molecule has 0 aliphatic carbocycles. The SMILES string of the molecule is CN(C)C(=O)c1cccc(-c2cc(C(=O)O)cc([N+](=O)[O-])c2)c1. The Labute approximate surface area is 131 Å². The van der Waals surface area contributed by atoms with E-state index in [1.165, 1.54) is 17.0 Å². The Kier molecular flexibility index (Phi) is 4.40. The molecule has 7 nitrogen and oxygen atoms in total. The second-order valence-corrected chi connectivity index (χ2v) is 5.11. The first kappa shape index (κ1) is 16.2. The van der Waals surface area contributed by atoms with Crippen molar-refractivity contribution in [2.45, 2.75) is 0 Å². The van der Waals surface area contributed by atoms with Crippen molar-refractivity contribution in [2.75, 3.05) is 14.1 Å². The molecule has 0 heterocycles. The van der Waals surface area contributed by atoms with Crippen LogP contribution in [0.3, 0.4) is 0 Å². The van der Waals surface area contributed by atoms with Gasteiger partial charge in [-0.2, -0.15) is 0 Å². The monoisotopic (exact) mass is 314 g/mol. The molecule has 0 unspecified atom stereocenters. The van der Waals surface area contributed by atoms with Crippen molar-refractivity contribution in [3.8, 4) is 11.1 Å². The summed E-state index contributed by atoms with van der Waals surface area (Å²) in [5.74, 6) is -1.47. The Morgan fingerprint density at radius 3 is 2.26 bits per heavy atom. The van der Waals surface area contributed by atoms with Crippen LogP contribution in [0.25, 0.3) is 11.1 Å². The Morgan fingerprint density at radius 1 is 1.04 bits per heavy atom. The van der Waals surface area contributed by atoms with Crippen molar-refractivity contribution in [1.82, 2.24) is 4.90 Å². The Balaban J connectivity index is 2.57. The molecule has 0 radical (unpaired) electrons. The van der Waals surface area contributed by atoms with Crippen LogP contribution in [-0.2, 0) is 0 Å². The van der Waals surface area contributed by atoms with Crippen LogP contribution in [0, 0.1) is 10.1 Å². The van der Waals surface area contributed by atoms with Crippen molar-refractivity contribution in [1.29, 1.82) is 0 Å². The van der Waals surface area contributed by atoms with Crippen molar-refractivity contribution >= 4 is 17.6 Å². The summed E-state index contributed by atoms with van der Waals surface area (Å²) < 4.78 is 0. The molecule has 0 aliphatic rings. The molecular weight excluding hydrogens is 300 g/mol. The number of hydrogen-bond acceptors (Lipinski definition) is 4. The number of carbonyl (C=O) groups excluding carboxylic acids is 1. The standard InChI is InChI=1S/C16H14N2O5/c1-17(2)15(19)11-5-3-4-10(6-11)12-7-13(16(20)21)9-14(8-12)18(22)23/h3-9H,1-2H3,(H,20,21). The molecule has 2 aromatic rings. The van der Waals surface area contributed by atoms with E-state index in [4.69, 9.17) is 5.11 Å². The molecule has 2 aromatic carbocycles. The van der Waals surface area contributed by atoms with Crippen LogP contribution in [0.15, 0.2) is 42.5 Å². The van der Waals surface area contributed by atoms with Crippen molar-refractivity contribution in [3.63, 3.8) is 0 Å². The van der Waals surface area contributed by atoms with Crippen LogP contribution < -0.4 is 0 Å². The van der Waals surface area contributed by atoms with Gasteiger partial charge in [0.15, 0.2) is 0 Å². The minimum atomic E-state index is -1.25. The molecule has 0 aromatic heterocycles. The molecule has 0 spiro atoms. The third-order valence-electron chi connectivity index (χ3n) is 3.22. The third-order valence-corrected chi connectivity index (χ3v) is 3.22. The molecule has 0 aliphatic heterocycles. The van der Waals surface area contributed by atoms with E-state index in [1.807, 2.05) is 0 Å². The lowest BCUT2D eigenvalue weighted by Crippen LogP contribution is -2.21. The van der Waals surface area contributed by atoms with E-state index in [-0.39, 0.29) is 17.2 Å². The number of carboxylic acid groups (broad SMARTS) is 1. The Morgan fingerprint density at radius 2 is 1.70 bits per heavy atom. The maximum Gasteiger partial charge on any atom is 0.335 e. The molecule has 2 rings (SSSR count). The molecule has 1 amide bonds. The van der Waals surface area contributed by atoms with Crippen molar-refractivity contribution < 1.29 is 19.6 Å². The summed E-state index contributed by atoms with van der Waals surface area (Å²) in [6.07, 6.45) is 0. The summed E-state index contributed by atoms with van der Waals surface area (Å²) in [6, 6.07) is 10.1. The lowest BCUT2D eigenvalue weighted by Gasteiger charge is -2.11. The smallest absolute Gasteiger partial charge is 0.335 e. The maximum atomic E-state index is 12.0. The number of benzene rings is 2. The van der Waals surface area contributed by atoms with Gasteiger partial charge in [-0.05, 0) is 29.3 Å². The second-order valence-electron chi connectivity index (χ2n) is 5.11. The molecule has 0 saturated heterocycles. The molecule has 1 N–H and O–H groups in total. The Bertz CT molecular complexity index is 767. The van der Waals surface area contributed by atoms with Gasteiger partial charge in [0.1, 0.15) is 0 Å². The highest BCUT2D eigenvalue weighted by atomic mass is 16.6. The van der Waals surface area contributed by atoms with Gasteiger partial charge in [-0.1, -0.05) is 12.1 Å². The molecule has 118 valence electrons. The highest BCUT2D eigenvalue weighted by Gasteiger charge is 2.16. The molecule has 0 bridgehead atoms. The summed E-state index contributed by atoms with van der Waals surface area (Å²) in [4.78, 5) is 34.9. The topological polar surface area (TPSA) is 101 Å². The van der Waals surface area contributed by atoms with Gasteiger partial charge in [-0.3, -0.25) is 14.9 Å². The Hall–Kier alpha value is -3.22. The van der Waals surface area contributed by atoms with Gasteiger partial charge in [0, 0.05) is 31.8 Å². The van der Waals surface area contributed by atoms with E-state index in [1.54, 1.807) is 38.4 Å². The van der Waals surface area contributed by atoms with E-state index in [0.29, 0.717) is 16.7 Å². The average molecular weight is 314 g/mol. The van der Waals surface area contributed by atoms with Crippen LogP contribution in [0.5, 0.6) is 0 Å². The van der Waals surface area contributed by atoms with Crippen LogP contribution >= 0.6 is 0 Å². The molecule has 23 heavy (non-hydrogen) atoms. The minimum absolute atomic E-state index is 0.182. The fourth-order valence-electron chi connectivity index (χ4n) is 2.10. The lowest BCUT2D eigenvalue weighted by molar-refractivity contribution is -0.384. The fraction of sp³-hybridized carbons (Fsp3) is 0.125. The quantitative estimate of drug-likeness (QED) is 0.690. The van der Waals surface area contributed by atoms with Gasteiger partial charge in [0.05, 0.1) is 10.5 Å². The molecule has 0 atom stereocenters. The van der Waals surface area contributed by atoms with Crippen molar-refractivity contribution in [2.24, 2.45) is 0 Å². The predicted molar refractivity (Wildman–Crippen MR) is 83.5 cm³/mol. The average Bonchev–Trinajstić information content (AvgIpc) is 2.53. The predicted octanol–water partition coefficient (Wildman–Crippen LogP) is 2.66. The van der Waals surface area contributed by atoms with Gasteiger partial charge in [0.25, 0.3) is 11.6 Å². The highest BCUT2D eigenvalue weighted by Crippen LogP contribution is 2.27. The first-order chi connectivity index (χ1) is 10.8. The number of non-ortho nitro benzene ring substituents is 1. The number of aromatic carboxylic acids is 1. The van der Waals surface area contributed by atoms with E-state index >= 15 is 0 Å². The number of nitrogens with zero attached hydrogens (tertiary/aromatic N) is 2. The van der Waals surface area contributed by atoms with Crippen molar-refractivity contribution in [3.05, 3.63) is 63.7 Å². The number of nitro groups is 1. The summed E-state index contributed by atoms with van der Waals surface area (Å²) in [5, 5.41) is 20.1. The minimum Gasteiger partial charge on any atom is -0.478 e. The van der Waals surface area contributed by atoms with Gasteiger partial charge >= 0.3 is 5.97 Å². The number of rotatable bonds is 4. The van der Waals surface area contributed by atoms with E-state index in [0.717, 1.165) is 6.07 Å². The lowest BCUT2D eigenvalue weighted by atomic mass is 10.00. The zero-order valence-electron chi connectivity index (χ0n) is 12.5. The molecular formula is C16H14N2O5. The van der Waals surface area contributed by atoms with E-state index in [9.17, 15) is 19.7 Å².